The Balaban J connectivity index is 2.18. The molecule has 104 valence electrons. The lowest BCUT2D eigenvalue weighted by atomic mass is 9.96. The van der Waals surface area contributed by atoms with Gasteiger partial charge in [-0.05, 0) is 43.4 Å². The predicted octanol–water partition coefficient (Wildman–Crippen LogP) is 3.41. The summed E-state index contributed by atoms with van der Waals surface area (Å²) in [6.45, 7) is 0. The van der Waals surface area contributed by atoms with E-state index in [1.165, 1.54) is 6.42 Å². The molecule has 0 atom stereocenters. The molecule has 0 heterocycles. The second-order valence-electron chi connectivity index (χ2n) is 4.66. The van der Waals surface area contributed by atoms with Crippen LogP contribution in [0.25, 0.3) is 0 Å². The van der Waals surface area contributed by atoms with Crippen LogP contribution in [0.5, 0.6) is 11.5 Å². The third-order valence-electron chi connectivity index (χ3n) is 3.29. The Bertz CT molecular complexity index is 469. The predicted molar refractivity (Wildman–Crippen MR) is 74.9 cm³/mol. The first-order valence-electron chi connectivity index (χ1n) is 6.35. The van der Waals surface area contributed by atoms with Crippen LogP contribution in [0.3, 0.4) is 0 Å². The van der Waals surface area contributed by atoms with Crippen molar-refractivity contribution in [2.24, 2.45) is 0 Å². The van der Waals surface area contributed by atoms with E-state index in [2.05, 4.69) is 15.9 Å². The third kappa shape index (κ3) is 3.62. The van der Waals surface area contributed by atoms with E-state index in [1.807, 2.05) is 12.1 Å². The first-order chi connectivity index (χ1) is 9.10. The van der Waals surface area contributed by atoms with Crippen molar-refractivity contribution < 1.29 is 19.4 Å². The Morgan fingerprint density at radius 3 is 2.68 bits per heavy atom. The highest BCUT2D eigenvalue weighted by Gasteiger charge is 2.21. The molecular formula is C14H17BrO4. The Morgan fingerprint density at radius 2 is 2.16 bits per heavy atom. The summed E-state index contributed by atoms with van der Waals surface area (Å²) >= 11 is 3.44. The number of carbonyl (C=O) groups is 1. The quantitative estimate of drug-likeness (QED) is 0.869. The monoisotopic (exact) mass is 328 g/mol. The van der Waals surface area contributed by atoms with Crippen molar-refractivity contribution in [3.05, 3.63) is 22.2 Å². The zero-order chi connectivity index (χ0) is 13.8. The number of ether oxygens (including phenoxy) is 2. The molecule has 0 radical (unpaired) electrons. The number of carboxylic acid groups (broad SMARTS) is 1. The molecule has 1 aliphatic rings. The minimum atomic E-state index is -0.802. The summed E-state index contributed by atoms with van der Waals surface area (Å²) < 4.78 is 12.0. The van der Waals surface area contributed by atoms with Crippen molar-refractivity contribution in [2.45, 2.75) is 38.2 Å². The molecule has 1 saturated carbocycles. The number of hydrogen-bond acceptors (Lipinski definition) is 3. The van der Waals surface area contributed by atoms with Crippen molar-refractivity contribution in [3.8, 4) is 11.5 Å². The van der Waals surface area contributed by atoms with Crippen molar-refractivity contribution in [2.75, 3.05) is 7.11 Å². The molecule has 0 aromatic heterocycles. The molecule has 0 saturated heterocycles. The molecule has 0 aliphatic heterocycles. The van der Waals surface area contributed by atoms with Gasteiger partial charge in [-0.3, -0.25) is 4.79 Å². The van der Waals surface area contributed by atoms with Gasteiger partial charge < -0.3 is 14.6 Å². The van der Waals surface area contributed by atoms with Crippen LogP contribution in [0.4, 0.5) is 0 Å². The minimum absolute atomic E-state index is 0.105. The van der Waals surface area contributed by atoms with Crippen molar-refractivity contribution >= 4 is 21.9 Å². The molecule has 19 heavy (non-hydrogen) atoms. The standard InChI is InChI=1S/C14H17BrO4/c1-18-12-8-11(15)9(5-6-14(16)17)7-13(12)19-10-3-2-4-10/h7-8,10H,2-6H2,1H3,(H,16,17). The maximum atomic E-state index is 10.7. The van der Waals surface area contributed by atoms with Gasteiger partial charge >= 0.3 is 5.97 Å². The van der Waals surface area contributed by atoms with E-state index >= 15 is 0 Å². The zero-order valence-corrected chi connectivity index (χ0v) is 12.4. The van der Waals surface area contributed by atoms with Crippen LogP contribution in [0, 0.1) is 0 Å². The lowest BCUT2D eigenvalue weighted by Gasteiger charge is -2.27. The number of halogens is 1. The molecule has 1 aromatic carbocycles. The van der Waals surface area contributed by atoms with E-state index in [0.717, 1.165) is 22.9 Å². The number of hydrogen-bond donors (Lipinski definition) is 1. The van der Waals surface area contributed by atoms with Crippen LogP contribution in [-0.4, -0.2) is 24.3 Å². The van der Waals surface area contributed by atoms with Gasteiger partial charge in [0.2, 0.25) is 0 Å². The maximum absolute atomic E-state index is 10.7. The van der Waals surface area contributed by atoms with Gasteiger partial charge in [-0.15, -0.1) is 0 Å². The molecule has 0 bridgehead atoms. The number of methoxy groups -OCH3 is 1. The van der Waals surface area contributed by atoms with E-state index in [4.69, 9.17) is 14.6 Å². The summed E-state index contributed by atoms with van der Waals surface area (Å²) in [6.07, 6.45) is 4.19. The maximum Gasteiger partial charge on any atom is 0.303 e. The molecular weight excluding hydrogens is 312 g/mol. The first kappa shape index (κ1) is 14.2. The van der Waals surface area contributed by atoms with Crippen molar-refractivity contribution in [1.29, 1.82) is 0 Å². The van der Waals surface area contributed by atoms with Gasteiger partial charge in [0.1, 0.15) is 0 Å². The van der Waals surface area contributed by atoms with Gasteiger partial charge in [0.15, 0.2) is 11.5 Å². The van der Waals surface area contributed by atoms with E-state index in [1.54, 1.807) is 7.11 Å². The van der Waals surface area contributed by atoms with E-state index in [9.17, 15) is 4.79 Å². The number of aliphatic carboxylic acids is 1. The molecule has 1 aromatic rings. The highest BCUT2D eigenvalue weighted by atomic mass is 79.9. The Labute approximate surface area is 120 Å². The molecule has 4 nitrogen and oxygen atoms in total. The van der Waals surface area contributed by atoms with Crippen molar-refractivity contribution in [3.63, 3.8) is 0 Å². The number of aryl methyl sites for hydroxylation is 1. The molecule has 1 aliphatic carbocycles. The second-order valence-corrected chi connectivity index (χ2v) is 5.51. The van der Waals surface area contributed by atoms with E-state index in [0.29, 0.717) is 17.9 Å². The van der Waals surface area contributed by atoms with E-state index < -0.39 is 5.97 Å². The van der Waals surface area contributed by atoms with Crippen LogP contribution in [0.1, 0.15) is 31.2 Å². The van der Waals surface area contributed by atoms with Gasteiger partial charge in [0, 0.05) is 10.9 Å². The van der Waals surface area contributed by atoms with Crippen molar-refractivity contribution in [1.82, 2.24) is 0 Å². The summed E-state index contributed by atoms with van der Waals surface area (Å²) in [4.78, 5) is 10.7. The number of carboxylic acids is 1. The molecule has 0 spiro atoms. The summed E-state index contributed by atoms with van der Waals surface area (Å²) in [5.74, 6) is 0.581. The Morgan fingerprint density at radius 1 is 1.42 bits per heavy atom. The molecule has 1 fully saturated rings. The largest absolute Gasteiger partial charge is 0.493 e. The fourth-order valence-corrected chi connectivity index (χ4v) is 2.45. The van der Waals surface area contributed by atoms with Gasteiger partial charge in [-0.25, -0.2) is 0 Å². The van der Waals surface area contributed by atoms with Crippen LogP contribution < -0.4 is 9.47 Å². The lowest BCUT2D eigenvalue weighted by Crippen LogP contribution is -2.24. The van der Waals surface area contributed by atoms with Crippen LogP contribution in [0.15, 0.2) is 16.6 Å². The fraction of sp³-hybridized carbons (Fsp3) is 0.500. The van der Waals surface area contributed by atoms with Crippen LogP contribution in [0.2, 0.25) is 0 Å². The molecule has 1 N–H and O–H groups in total. The topological polar surface area (TPSA) is 55.8 Å². The normalized spacial score (nSPS) is 14.8. The molecule has 0 unspecified atom stereocenters. The Kier molecular flexibility index (Phi) is 4.69. The minimum Gasteiger partial charge on any atom is -0.493 e. The summed E-state index contributed by atoms with van der Waals surface area (Å²) in [7, 11) is 1.60. The third-order valence-corrected chi connectivity index (χ3v) is 4.02. The fourth-order valence-electron chi connectivity index (χ4n) is 1.93. The lowest BCUT2D eigenvalue weighted by molar-refractivity contribution is -0.136. The number of benzene rings is 1. The summed E-state index contributed by atoms with van der Waals surface area (Å²) in [5.41, 5.74) is 0.928. The second kappa shape index (κ2) is 6.28. The molecule has 5 heteroatoms. The summed E-state index contributed by atoms with van der Waals surface area (Å²) in [5, 5.41) is 8.76. The van der Waals surface area contributed by atoms with Gasteiger partial charge in [-0.2, -0.15) is 0 Å². The smallest absolute Gasteiger partial charge is 0.303 e. The SMILES string of the molecule is COc1cc(Br)c(CCC(=O)O)cc1OC1CCC1. The highest BCUT2D eigenvalue weighted by molar-refractivity contribution is 9.10. The average molecular weight is 329 g/mol. The summed E-state index contributed by atoms with van der Waals surface area (Å²) in [6, 6.07) is 3.72. The first-order valence-corrected chi connectivity index (χ1v) is 7.14. The van der Waals surface area contributed by atoms with Gasteiger partial charge in [0.25, 0.3) is 0 Å². The zero-order valence-electron chi connectivity index (χ0n) is 10.8. The van der Waals surface area contributed by atoms with Crippen LogP contribution in [-0.2, 0) is 11.2 Å². The van der Waals surface area contributed by atoms with Gasteiger partial charge in [-0.1, -0.05) is 15.9 Å². The van der Waals surface area contributed by atoms with Gasteiger partial charge in [0.05, 0.1) is 13.2 Å². The van der Waals surface area contributed by atoms with E-state index in [-0.39, 0.29) is 12.5 Å². The highest BCUT2D eigenvalue weighted by Crippen LogP contribution is 2.37. The molecule has 2 rings (SSSR count). The molecule has 0 amide bonds. The average Bonchev–Trinajstić information content (AvgIpc) is 2.32. The number of rotatable bonds is 6. The Hall–Kier alpha value is -1.23. The van der Waals surface area contributed by atoms with Crippen LogP contribution >= 0.6 is 15.9 Å².